The van der Waals surface area contributed by atoms with Crippen LogP contribution in [0.1, 0.15) is 70.5 Å². The highest BCUT2D eigenvalue weighted by Gasteiger charge is 2.24. The van der Waals surface area contributed by atoms with Crippen LogP contribution in [0.25, 0.3) is 5.69 Å². The number of carbonyl (C=O) groups excluding carboxylic acids is 1. The van der Waals surface area contributed by atoms with Gasteiger partial charge in [0.1, 0.15) is 5.75 Å². The maximum absolute atomic E-state index is 12.9. The first-order valence-corrected chi connectivity index (χ1v) is 13.6. The molecule has 1 aromatic heterocycles. The molecule has 0 aliphatic rings. The molecular weight excluding hydrogens is 492 g/mol. The van der Waals surface area contributed by atoms with Gasteiger partial charge in [-0.15, -0.1) is 10.2 Å². The third-order valence-electron chi connectivity index (χ3n) is 5.83. The summed E-state index contributed by atoms with van der Waals surface area (Å²) >= 11 is 7.95. The Morgan fingerprint density at radius 1 is 1.17 bits per heavy atom. The van der Waals surface area contributed by atoms with E-state index in [4.69, 9.17) is 16.3 Å². The molecule has 194 valence electrons. The quantitative estimate of drug-likeness (QED) is 0.282. The molecule has 1 heterocycles. The zero-order valence-electron chi connectivity index (χ0n) is 22.3. The summed E-state index contributed by atoms with van der Waals surface area (Å²) in [5.41, 5.74) is 3.25. The van der Waals surface area contributed by atoms with Gasteiger partial charge in [-0.3, -0.25) is 9.36 Å². The number of hydrogen-bond donors (Lipinski definition) is 1. The molecule has 0 saturated carbocycles. The number of methoxy groups -OCH3 is 1. The number of carbonyl (C=O) groups is 1. The maximum atomic E-state index is 12.9. The van der Waals surface area contributed by atoms with Crippen LogP contribution < -0.4 is 10.1 Å². The summed E-state index contributed by atoms with van der Waals surface area (Å²) in [6.07, 6.45) is 1.46. The lowest BCUT2D eigenvalue weighted by Gasteiger charge is -2.23. The van der Waals surface area contributed by atoms with E-state index in [9.17, 15) is 4.79 Å². The molecule has 0 radical (unpaired) electrons. The molecule has 36 heavy (non-hydrogen) atoms. The zero-order valence-corrected chi connectivity index (χ0v) is 23.8. The van der Waals surface area contributed by atoms with Crippen molar-refractivity contribution >= 4 is 29.3 Å². The predicted molar refractivity (Wildman–Crippen MR) is 148 cm³/mol. The number of aromatic nitrogens is 3. The van der Waals surface area contributed by atoms with Crippen molar-refractivity contribution in [3.05, 3.63) is 64.4 Å². The van der Waals surface area contributed by atoms with E-state index < -0.39 is 0 Å². The first-order valence-electron chi connectivity index (χ1n) is 12.2. The summed E-state index contributed by atoms with van der Waals surface area (Å²) in [6, 6.07) is 13.4. The van der Waals surface area contributed by atoms with Crippen LogP contribution in [0, 0.1) is 18.3 Å². The van der Waals surface area contributed by atoms with Gasteiger partial charge in [0.15, 0.2) is 11.0 Å². The lowest BCUT2D eigenvalue weighted by molar-refractivity contribution is -0.122. The fourth-order valence-corrected chi connectivity index (χ4v) is 5.48. The normalized spacial score (nSPS) is 13.3. The number of halogens is 1. The number of thioether (sulfide) groups is 1. The van der Waals surface area contributed by atoms with Gasteiger partial charge in [-0.2, -0.15) is 0 Å². The number of amides is 1. The van der Waals surface area contributed by atoms with Gasteiger partial charge < -0.3 is 10.1 Å². The van der Waals surface area contributed by atoms with E-state index in [1.54, 1.807) is 18.9 Å². The Bertz CT molecular complexity index is 1190. The largest absolute Gasteiger partial charge is 0.497 e. The van der Waals surface area contributed by atoms with Crippen molar-refractivity contribution in [2.75, 3.05) is 7.11 Å². The lowest BCUT2D eigenvalue weighted by Crippen LogP contribution is -2.30. The second-order valence-electron chi connectivity index (χ2n) is 10.6. The number of benzene rings is 2. The van der Waals surface area contributed by atoms with Crippen LogP contribution in [0.2, 0.25) is 5.02 Å². The third kappa shape index (κ3) is 7.74. The van der Waals surface area contributed by atoms with Crippen LogP contribution in [0.15, 0.2) is 47.6 Å². The van der Waals surface area contributed by atoms with E-state index >= 15 is 0 Å². The van der Waals surface area contributed by atoms with Crippen LogP contribution in [-0.4, -0.2) is 27.8 Å². The predicted octanol–water partition coefficient (Wildman–Crippen LogP) is 7.17. The van der Waals surface area contributed by atoms with Gasteiger partial charge >= 0.3 is 0 Å². The van der Waals surface area contributed by atoms with Crippen molar-refractivity contribution < 1.29 is 9.53 Å². The summed E-state index contributed by atoms with van der Waals surface area (Å²) in [4.78, 5) is 12.9. The van der Waals surface area contributed by atoms with Gasteiger partial charge in [0.05, 0.1) is 18.8 Å². The smallest absolute Gasteiger partial charge is 0.220 e. The van der Waals surface area contributed by atoms with Gasteiger partial charge in [0.25, 0.3) is 0 Å². The number of aryl methyl sites for hydroxylation is 1. The average Bonchev–Trinajstić information content (AvgIpc) is 3.21. The number of rotatable bonds is 10. The van der Waals surface area contributed by atoms with Gasteiger partial charge in [-0.05, 0) is 67.0 Å². The van der Waals surface area contributed by atoms with E-state index in [-0.39, 0.29) is 17.4 Å². The molecule has 0 saturated heterocycles. The molecule has 1 amide bonds. The minimum Gasteiger partial charge on any atom is -0.497 e. The zero-order chi connectivity index (χ0) is 26.5. The Balaban J connectivity index is 1.86. The second kappa shape index (κ2) is 12.2. The van der Waals surface area contributed by atoms with Crippen LogP contribution in [0.4, 0.5) is 0 Å². The summed E-state index contributed by atoms with van der Waals surface area (Å²) in [5, 5.41) is 13.5. The fourth-order valence-electron chi connectivity index (χ4n) is 4.41. The van der Waals surface area contributed by atoms with E-state index in [1.807, 2.05) is 54.8 Å². The minimum absolute atomic E-state index is 0.0159. The van der Waals surface area contributed by atoms with Crippen molar-refractivity contribution in [1.82, 2.24) is 20.1 Å². The molecular formula is C28H37ClN4O2S. The van der Waals surface area contributed by atoms with E-state index in [0.29, 0.717) is 28.9 Å². The Kier molecular flexibility index (Phi) is 9.47. The molecule has 0 fully saturated rings. The molecule has 0 aliphatic carbocycles. The number of ether oxygens (including phenoxy) is 1. The molecule has 3 rings (SSSR count). The molecule has 2 aromatic carbocycles. The number of nitrogens with one attached hydrogen (secondary N) is 1. The van der Waals surface area contributed by atoms with Gasteiger partial charge in [0.2, 0.25) is 5.91 Å². The Morgan fingerprint density at radius 3 is 2.61 bits per heavy atom. The highest BCUT2D eigenvalue weighted by Crippen LogP contribution is 2.31. The maximum Gasteiger partial charge on any atom is 0.220 e. The van der Waals surface area contributed by atoms with E-state index in [1.165, 1.54) is 0 Å². The Labute approximate surface area is 224 Å². The average molecular weight is 529 g/mol. The van der Waals surface area contributed by atoms with Gasteiger partial charge in [-0.1, -0.05) is 69.3 Å². The molecule has 8 heteroatoms. The number of nitrogens with zero attached hydrogens (tertiary/aromatic N) is 3. The summed E-state index contributed by atoms with van der Waals surface area (Å²) in [7, 11) is 1.66. The topological polar surface area (TPSA) is 69.0 Å². The molecule has 3 aromatic rings. The Morgan fingerprint density at radius 2 is 1.92 bits per heavy atom. The molecule has 6 nitrogen and oxygen atoms in total. The molecule has 2 atom stereocenters. The monoisotopic (exact) mass is 528 g/mol. The highest BCUT2D eigenvalue weighted by molar-refractivity contribution is 7.98. The molecule has 2 unspecified atom stereocenters. The SMILES string of the molecule is COc1cccc(CSc2nnc(C(C)NC(=O)CC(C)CC(C)(C)C)n2-c2cc(Cl)ccc2C)c1. The fraction of sp³-hybridized carbons (Fsp3) is 0.464. The molecule has 1 N–H and O–H groups in total. The Hall–Kier alpha value is -2.51. The van der Waals surface area contributed by atoms with Crippen molar-refractivity contribution in [3.8, 4) is 11.4 Å². The van der Waals surface area contributed by atoms with Crippen LogP contribution in [0.3, 0.4) is 0 Å². The third-order valence-corrected chi connectivity index (χ3v) is 7.07. The number of hydrogen-bond acceptors (Lipinski definition) is 5. The minimum atomic E-state index is -0.323. The van der Waals surface area contributed by atoms with Crippen LogP contribution >= 0.6 is 23.4 Å². The molecule has 0 aliphatic heterocycles. The van der Waals surface area contributed by atoms with Crippen molar-refractivity contribution in [3.63, 3.8) is 0 Å². The molecule has 0 bridgehead atoms. The highest BCUT2D eigenvalue weighted by atomic mass is 35.5. The van der Waals surface area contributed by atoms with E-state index in [0.717, 1.165) is 34.1 Å². The lowest BCUT2D eigenvalue weighted by atomic mass is 9.84. The summed E-state index contributed by atoms with van der Waals surface area (Å²) in [5.74, 6) is 2.49. The van der Waals surface area contributed by atoms with Crippen molar-refractivity contribution in [1.29, 1.82) is 0 Å². The standard InChI is InChI=1S/C28H37ClN4O2S/c1-18(16-28(4,5)6)13-25(34)30-20(3)26-31-32-27(33(26)24-15-22(29)12-11-19(24)2)36-17-21-9-8-10-23(14-21)35-7/h8-12,14-15,18,20H,13,16-17H2,1-7H3,(H,30,34). The van der Waals surface area contributed by atoms with Gasteiger partial charge in [0, 0.05) is 17.2 Å². The summed E-state index contributed by atoms with van der Waals surface area (Å²) in [6.45, 7) is 12.7. The first-order chi connectivity index (χ1) is 17.0. The van der Waals surface area contributed by atoms with Crippen molar-refractivity contribution in [2.45, 2.75) is 71.3 Å². The van der Waals surface area contributed by atoms with E-state index in [2.05, 4.69) is 49.3 Å². The van der Waals surface area contributed by atoms with Crippen molar-refractivity contribution in [2.24, 2.45) is 11.3 Å². The first kappa shape index (κ1) is 28.1. The van der Waals surface area contributed by atoms with Crippen LogP contribution in [0.5, 0.6) is 5.75 Å². The van der Waals surface area contributed by atoms with Crippen LogP contribution in [-0.2, 0) is 10.5 Å². The van der Waals surface area contributed by atoms with Gasteiger partial charge in [-0.25, -0.2) is 0 Å². The molecule has 0 spiro atoms. The summed E-state index contributed by atoms with van der Waals surface area (Å²) < 4.78 is 7.37. The second-order valence-corrected chi connectivity index (χ2v) is 12.0.